The number of pyridine rings is 1. The third-order valence-electron chi connectivity index (χ3n) is 6.36. The van der Waals surface area contributed by atoms with E-state index in [1.807, 2.05) is 31.2 Å². The topological polar surface area (TPSA) is 105 Å². The number of aromatic nitrogens is 5. The number of benzene rings is 2. The average Bonchev–Trinajstić information content (AvgIpc) is 3.34. The molecule has 0 atom stereocenters. The lowest BCUT2D eigenvalue weighted by atomic mass is 10.1. The smallest absolute Gasteiger partial charge is 0.183 e. The van der Waals surface area contributed by atoms with Crippen LogP contribution in [-0.2, 0) is 11.3 Å². The monoisotopic (exact) mass is 562 g/mol. The van der Waals surface area contributed by atoms with E-state index in [2.05, 4.69) is 20.4 Å². The van der Waals surface area contributed by atoms with E-state index in [4.69, 9.17) is 23.9 Å². The number of nitrogens with zero attached hydrogens (tertiary/aromatic N) is 5. The Hall–Kier alpha value is -4.84. The van der Waals surface area contributed by atoms with Gasteiger partial charge in [-0.05, 0) is 19.1 Å². The van der Waals surface area contributed by atoms with E-state index < -0.39 is 11.6 Å². The number of methoxy groups -OCH3 is 3. The van der Waals surface area contributed by atoms with Crippen LogP contribution < -0.4 is 19.5 Å². The van der Waals surface area contributed by atoms with Crippen LogP contribution in [-0.4, -0.2) is 59.3 Å². The summed E-state index contributed by atoms with van der Waals surface area (Å²) < 4.78 is 52.8. The lowest BCUT2D eigenvalue weighted by Gasteiger charge is -2.14. The minimum Gasteiger partial charge on any atom is -0.493 e. The third kappa shape index (κ3) is 5.73. The Balaban J connectivity index is 1.52. The van der Waals surface area contributed by atoms with E-state index in [9.17, 15) is 0 Å². The molecule has 12 heteroatoms. The highest BCUT2D eigenvalue weighted by Gasteiger charge is 2.20. The standard InChI is InChI=1S/C29H28F2N6O4/c1-17-27(40-4)23(9-10-32-17)34-28-25(39-3)15-33-29(35-28)26-19-7-5-6-8-24(19)37(36-26)16-20-21(30)13-18(14-22(20)31)41-12-11-38-2/h5-10,13-15H,11-12,16H2,1-4H3,(H,32,33,34,35). The normalized spacial score (nSPS) is 11.1. The van der Waals surface area contributed by atoms with Gasteiger partial charge >= 0.3 is 0 Å². The molecule has 0 saturated carbocycles. The van der Waals surface area contributed by atoms with Crippen LogP contribution in [0.5, 0.6) is 17.2 Å². The van der Waals surface area contributed by atoms with Gasteiger partial charge in [-0.15, -0.1) is 0 Å². The molecule has 0 aliphatic rings. The molecule has 5 rings (SSSR count). The lowest BCUT2D eigenvalue weighted by molar-refractivity contribution is 0.146. The zero-order valence-electron chi connectivity index (χ0n) is 22.9. The van der Waals surface area contributed by atoms with Crippen molar-refractivity contribution in [3.63, 3.8) is 0 Å². The van der Waals surface area contributed by atoms with Gasteiger partial charge in [-0.2, -0.15) is 5.10 Å². The van der Waals surface area contributed by atoms with Crippen LogP contribution in [0.3, 0.4) is 0 Å². The summed E-state index contributed by atoms with van der Waals surface area (Å²) in [6.07, 6.45) is 3.18. The molecule has 2 aromatic carbocycles. The van der Waals surface area contributed by atoms with E-state index in [1.54, 1.807) is 19.4 Å². The average molecular weight is 563 g/mol. The largest absolute Gasteiger partial charge is 0.493 e. The maximum absolute atomic E-state index is 15.0. The quantitative estimate of drug-likeness (QED) is 0.215. The summed E-state index contributed by atoms with van der Waals surface area (Å²) in [7, 11) is 4.59. The Kier molecular flexibility index (Phi) is 8.20. The minimum absolute atomic E-state index is 0.0829. The van der Waals surface area contributed by atoms with Crippen LogP contribution in [0.15, 0.2) is 54.9 Å². The molecular weight excluding hydrogens is 534 g/mol. The first kappa shape index (κ1) is 27.7. The predicted molar refractivity (Wildman–Crippen MR) is 149 cm³/mol. The van der Waals surface area contributed by atoms with Crippen LogP contribution in [0.4, 0.5) is 20.3 Å². The summed E-state index contributed by atoms with van der Waals surface area (Å²) in [6, 6.07) is 11.4. The number of ether oxygens (including phenoxy) is 4. The number of hydrogen-bond donors (Lipinski definition) is 1. The molecule has 41 heavy (non-hydrogen) atoms. The Morgan fingerprint density at radius 1 is 0.951 bits per heavy atom. The van der Waals surface area contributed by atoms with Crippen molar-refractivity contribution in [2.24, 2.45) is 0 Å². The Morgan fingerprint density at radius 3 is 2.46 bits per heavy atom. The molecule has 3 heterocycles. The number of hydrogen-bond acceptors (Lipinski definition) is 9. The van der Waals surface area contributed by atoms with Crippen molar-refractivity contribution in [2.75, 3.05) is 39.9 Å². The summed E-state index contributed by atoms with van der Waals surface area (Å²) in [4.78, 5) is 13.4. The zero-order chi connectivity index (χ0) is 28.9. The first-order chi connectivity index (χ1) is 19.9. The molecule has 0 aliphatic carbocycles. The first-order valence-corrected chi connectivity index (χ1v) is 12.7. The van der Waals surface area contributed by atoms with Gasteiger partial charge in [0.25, 0.3) is 0 Å². The molecular formula is C29H28F2N6O4. The van der Waals surface area contributed by atoms with Gasteiger partial charge in [-0.25, -0.2) is 18.7 Å². The van der Waals surface area contributed by atoms with Gasteiger partial charge < -0.3 is 24.3 Å². The highest BCUT2D eigenvalue weighted by atomic mass is 19.1. The number of para-hydroxylation sites is 1. The first-order valence-electron chi connectivity index (χ1n) is 12.7. The molecule has 0 fully saturated rings. The van der Waals surface area contributed by atoms with Gasteiger partial charge in [-0.1, -0.05) is 18.2 Å². The summed E-state index contributed by atoms with van der Waals surface area (Å²) in [6.45, 7) is 2.14. The van der Waals surface area contributed by atoms with Crippen LogP contribution in [0.1, 0.15) is 11.3 Å². The number of nitrogens with one attached hydrogen (secondary N) is 1. The van der Waals surface area contributed by atoms with Crippen molar-refractivity contribution in [1.29, 1.82) is 0 Å². The molecule has 0 aliphatic heterocycles. The second kappa shape index (κ2) is 12.1. The molecule has 0 amide bonds. The molecule has 1 N–H and O–H groups in total. The number of anilines is 2. The number of halogens is 2. The Morgan fingerprint density at radius 2 is 1.73 bits per heavy atom. The van der Waals surface area contributed by atoms with Crippen LogP contribution in [0.25, 0.3) is 22.4 Å². The van der Waals surface area contributed by atoms with Crippen molar-refractivity contribution in [2.45, 2.75) is 13.5 Å². The summed E-state index contributed by atoms with van der Waals surface area (Å²) in [5.41, 5.74) is 2.28. The van der Waals surface area contributed by atoms with E-state index in [0.717, 1.165) is 12.1 Å². The molecule has 3 aromatic heterocycles. The fourth-order valence-electron chi connectivity index (χ4n) is 4.38. The molecule has 212 valence electrons. The highest BCUT2D eigenvalue weighted by Crippen LogP contribution is 2.34. The fourth-order valence-corrected chi connectivity index (χ4v) is 4.38. The lowest BCUT2D eigenvalue weighted by Crippen LogP contribution is -2.09. The van der Waals surface area contributed by atoms with E-state index >= 15 is 8.78 Å². The van der Waals surface area contributed by atoms with Gasteiger partial charge in [0.2, 0.25) is 0 Å². The highest BCUT2D eigenvalue weighted by molar-refractivity contribution is 5.92. The van der Waals surface area contributed by atoms with Crippen LogP contribution >= 0.6 is 0 Å². The second-order valence-corrected chi connectivity index (χ2v) is 8.94. The minimum atomic E-state index is -0.743. The van der Waals surface area contributed by atoms with Gasteiger partial charge in [0, 0.05) is 36.4 Å². The summed E-state index contributed by atoms with van der Waals surface area (Å²) in [5.74, 6) is 0.214. The predicted octanol–water partition coefficient (Wildman–Crippen LogP) is 5.31. The van der Waals surface area contributed by atoms with Crippen molar-refractivity contribution >= 4 is 22.4 Å². The third-order valence-corrected chi connectivity index (χ3v) is 6.36. The molecule has 0 radical (unpaired) electrons. The Bertz CT molecular complexity index is 1670. The van der Waals surface area contributed by atoms with E-state index in [0.29, 0.717) is 51.9 Å². The van der Waals surface area contributed by atoms with Gasteiger partial charge in [0.1, 0.15) is 29.7 Å². The van der Waals surface area contributed by atoms with E-state index in [-0.39, 0.29) is 30.3 Å². The number of aryl methyl sites for hydroxylation is 1. The summed E-state index contributed by atoms with van der Waals surface area (Å²) in [5, 5.41) is 8.62. The fraction of sp³-hybridized carbons (Fsp3) is 0.241. The SMILES string of the molecule is COCCOc1cc(F)c(Cn2nc(-c3ncc(OC)c(Nc4ccnc(C)c4OC)n3)c3ccccc32)c(F)c1. The van der Waals surface area contributed by atoms with Crippen LogP contribution in [0, 0.1) is 18.6 Å². The Labute approximate surface area is 234 Å². The van der Waals surface area contributed by atoms with Gasteiger partial charge in [0.15, 0.2) is 23.1 Å². The maximum Gasteiger partial charge on any atom is 0.183 e. The second-order valence-electron chi connectivity index (χ2n) is 8.94. The van der Waals surface area contributed by atoms with Crippen molar-refractivity contribution in [3.8, 4) is 28.8 Å². The zero-order valence-corrected chi connectivity index (χ0v) is 22.9. The van der Waals surface area contributed by atoms with Crippen molar-refractivity contribution in [3.05, 3.63) is 77.8 Å². The van der Waals surface area contributed by atoms with Crippen molar-refractivity contribution < 1.29 is 27.7 Å². The van der Waals surface area contributed by atoms with Gasteiger partial charge in [0.05, 0.1) is 50.5 Å². The molecule has 5 aromatic rings. The van der Waals surface area contributed by atoms with E-state index in [1.165, 1.54) is 25.1 Å². The maximum atomic E-state index is 15.0. The molecule has 0 bridgehead atoms. The number of fused-ring (bicyclic) bond motifs is 1. The van der Waals surface area contributed by atoms with Gasteiger partial charge in [-0.3, -0.25) is 9.67 Å². The summed E-state index contributed by atoms with van der Waals surface area (Å²) >= 11 is 0. The number of rotatable bonds is 11. The van der Waals surface area contributed by atoms with Crippen LogP contribution in [0.2, 0.25) is 0 Å². The molecule has 0 spiro atoms. The molecule has 10 nitrogen and oxygen atoms in total. The molecule has 0 unspecified atom stereocenters. The molecule has 0 saturated heterocycles. The van der Waals surface area contributed by atoms with Crippen molar-refractivity contribution in [1.82, 2.24) is 24.7 Å².